The maximum atomic E-state index is 12.2. The van der Waals surface area contributed by atoms with Gasteiger partial charge < -0.3 is 10.2 Å². The van der Waals surface area contributed by atoms with Crippen LogP contribution < -0.4 is 10.2 Å². The quantitative estimate of drug-likeness (QED) is 0.876. The van der Waals surface area contributed by atoms with Crippen LogP contribution in [0.3, 0.4) is 0 Å². The van der Waals surface area contributed by atoms with Crippen LogP contribution >= 0.6 is 0 Å². The summed E-state index contributed by atoms with van der Waals surface area (Å²) in [5.41, 5.74) is 1.91. The van der Waals surface area contributed by atoms with E-state index in [1.807, 2.05) is 29.2 Å². The summed E-state index contributed by atoms with van der Waals surface area (Å²) in [6.07, 6.45) is 2.31. The van der Waals surface area contributed by atoms with Gasteiger partial charge in [-0.15, -0.1) is 0 Å². The summed E-state index contributed by atoms with van der Waals surface area (Å²) in [6, 6.07) is 9.76. The Labute approximate surface area is 114 Å². The zero-order chi connectivity index (χ0) is 13.7. The number of anilines is 1. The molecule has 1 heterocycles. The highest BCUT2D eigenvalue weighted by atomic mass is 16.2. The lowest BCUT2D eigenvalue weighted by molar-refractivity contribution is -0.118. The van der Waals surface area contributed by atoms with E-state index in [9.17, 15) is 4.79 Å². The van der Waals surface area contributed by atoms with Gasteiger partial charge in [0.15, 0.2) is 0 Å². The van der Waals surface area contributed by atoms with Crippen LogP contribution in [-0.4, -0.2) is 25.0 Å². The lowest BCUT2D eigenvalue weighted by Crippen LogP contribution is -2.38. The van der Waals surface area contributed by atoms with Gasteiger partial charge in [0, 0.05) is 12.2 Å². The number of nitrogens with zero attached hydrogens (tertiary/aromatic N) is 2. The molecule has 1 aromatic carbocycles. The number of hydrogen-bond donors (Lipinski definition) is 1. The molecule has 0 spiro atoms. The van der Waals surface area contributed by atoms with E-state index in [4.69, 9.17) is 5.26 Å². The molecule has 1 unspecified atom stereocenters. The molecule has 1 fully saturated rings. The number of rotatable bonds is 5. The summed E-state index contributed by atoms with van der Waals surface area (Å²) in [5.74, 6) is 0.154. The third-order valence-corrected chi connectivity index (χ3v) is 3.38. The summed E-state index contributed by atoms with van der Waals surface area (Å²) in [5, 5.41) is 11.9. The normalized spacial score (nSPS) is 18.6. The Hall–Kier alpha value is -1.86. The summed E-state index contributed by atoms with van der Waals surface area (Å²) >= 11 is 0. The largest absolute Gasteiger partial charge is 0.311 e. The fraction of sp³-hybridized carbons (Fsp3) is 0.467. The van der Waals surface area contributed by atoms with E-state index < -0.39 is 0 Å². The molecule has 0 radical (unpaired) electrons. The first-order valence-corrected chi connectivity index (χ1v) is 6.77. The molecule has 0 aliphatic carbocycles. The Balaban J connectivity index is 2.03. The second kappa shape index (κ2) is 6.35. The van der Waals surface area contributed by atoms with Crippen molar-refractivity contribution in [1.82, 2.24) is 5.32 Å². The minimum Gasteiger partial charge on any atom is -0.311 e. The van der Waals surface area contributed by atoms with Crippen molar-refractivity contribution in [2.24, 2.45) is 0 Å². The monoisotopic (exact) mass is 257 g/mol. The third kappa shape index (κ3) is 3.12. The molecule has 4 nitrogen and oxygen atoms in total. The van der Waals surface area contributed by atoms with Crippen molar-refractivity contribution in [3.8, 4) is 6.07 Å². The number of benzene rings is 1. The van der Waals surface area contributed by atoms with Crippen LogP contribution in [0.4, 0.5) is 5.69 Å². The third-order valence-electron chi connectivity index (χ3n) is 3.38. The van der Waals surface area contributed by atoms with Crippen LogP contribution in [0.2, 0.25) is 0 Å². The van der Waals surface area contributed by atoms with Crippen molar-refractivity contribution in [2.75, 3.05) is 18.0 Å². The van der Waals surface area contributed by atoms with Gasteiger partial charge in [0.25, 0.3) is 0 Å². The van der Waals surface area contributed by atoms with Crippen molar-refractivity contribution in [3.63, 3.8) is 0 Å². The molecular weight excluding hydrogens is 238 g/mol. The first-order valence-electron chi connectivity index (χ1n) is 6.77. The van der Waals surface area contributed by atoms with Crippen LogP contribution in [0.25, 0.3) is 0 Å². The Bertz CT molecular complexity index is 475. The predicted octanol–water partition coefficient (Wildman–Crippen LogP) is 1.86. The molecule has 0 aromatic heterocycles. The fourth-order valence-electron chi connectivity index (χ4n) is 2.33. The second-order valence-electron chi connectivity index (χ2n) is 4.79. The number of nitriles is 1. The summed E-state index contributed by atoms with van der Waals surface area (Å²) in [4.78, 5) is 14.1. The molecule has 19 heavy (non-hydrogen) atoms. The van der Waals surface area contributed by atoms with Gasteiger partial charge >= 0.3 is 0 Å². The van der Waals surface area contributed by atoms with Crippen molar-refractivity contribution in [3.05, 3.63) is 29.8 Å². The summed E-state index contributed by atoms with van der Waals surface area (Å²) in [7, 11) is 0. The molecule has 0 saturated carbocycles. The maximum absolute atomic E-state index is 12.2. The van der Waals surface area contributed by atoms with Gasteiger partial charge in [0.1, 0.15) is 0 Å². The average Bonchev–Trinajstić information content (AvgIpc) is 2.79. The molecule has 2 rings (SSSR count). The molecule has 1 aromatic rings. The molecule has 1 amide bonds. The van der Waals surface area contributed by atoms with Crippen molar-refractivity contribution >= 4 is 11.6 Å². The van der Waals surface area contributed by atoms with Crippen LogP contribution in [0, 0.1) is 11.3 Å². The van der Waals surface area contributed by atoms with Gasteiger partial charge in [-0.3, -0.25) is 4.79 Å². The Morgan fingerprint density at radius 1 is 1.42 bits per heavy atom. The molecule has 1 aliphatic heterocycles. The summed E-state index contributed by atoms with van der Waals surface area (Å²) < 4.78 is 0. The van der Waals surface area contributed by atoms with E-state index >= 15 is 0 Å². The van der Waals surface area contributed by atoms with Crippen molar-refractivity contribution < 1.29 is 4.79 Å². The first-order chi connectivity index (χ1) is 9.26. The zero-order valence-electron chi connectivity index (χ0n) is 11.2. The molecule has 1 atom stereocenters. The fourth-order valence-corrected chi connectivity index (χ4v) is 2.33. The van der Waals surface area contributed by atoms with Gasteiger partial charge in [0.2, 0.25) is 5.91 Å². The minimum absolute atomic E-state index is 0.0428. The molecule has 4 heteroatoms. The standard InChI is InChI=1S/C15H19N3O/c1-2-10-17-14-8-11-18(15(14)19)13-5-3-12(4-6-13)7-9-16/h3-6,14,17H,2,7-8,10-11H2,1H3. The van der Waals surface area contributed by atoms with E-state index in [1.165, 1.54) is 0 Å². The van der Waals surface area contributed by atoms with Crippen LogP contribution in [0.5, 0.6) is 0 Å². The zero-order valence-corrected chi connectivity index (χ0v) is 11.2. The highest BCUT2D eigenvalue weighted by Crippen LogP contribution is 2.22. The van der Waals surface area contributed by atoms with E-state index in [1.54, 1.807) is 0 Å². The van der Waals surface area contributed by atoms with E-state index in [0.29, 0.717) is 6.42 Å². The molecule has 100 valence electrons. The Morgan fingerprint density at radius 3 is 2.79 bits per heavy atom. The Morgan fingerprint density at radius 2 is 2.16 bits per heavy atom. The molecule has 1 N–H and O–H groups in total. The molecular formula is C15H19N3O. The van der Waals surface area contributed by atoms with Crippen LogP contribution in [0.15, 0.2) is 24.3 Å². The lowest BCUT2D eigenvalue weighted by Gasteiger charge is -2.17. The number of nitrogens with one attached hydrogen (secondary N) is 1. The summed E-state index contributed by atoms with van der Waals surface area (Å²) in [6.45, 7) is 3.74. The van der Waals surface area contributed by atoms with Crippen LogP contribution in [-0.2, 0) is 11.2 Å². The number of carbonyl (C=O) groups is 1. The van der Waals surface area contributed by atoms with Crippen LogP contribution in [0.1, 0.15) is 25.3 Å². The Kier molecular flexibility index (Phi) is 4.53. The van der Waals surface area contributed by atoms with E-state index in [2.05, 4.69) is 18.3 Å². The smallest absolute Gasteiger partial charge is 0.244 e. The number of carbonyl (C=O) groups excluding carboxylic acids is 1. The topological polar surface area (TPSA) is 56.1 Å². The predicted molar refractivity (Wildman–Crippen MR) is 74.8 cm³/mol. The molecule has 1 saturated heterocycles. The van der Waals surface area contributed by atoms with E-state index in [0.717, 1.165) is 37.2 Å². The van der Waals surface area contributed by atoms with Crippen molar-refractivity contribution in [1.29, 1.82) is 5.26 Å². The van der Waals surface area contributed by atoms with Gasteiger partial charge in [-0.1, -0.05) is 19.1 Å². The molecule has 0 bridgehead atoms. The van der Waals surface area contributed by atoms with Gasteiger partial charge in [0.05, 0.1) is 18.5 Å². The number of amides is 1. The first kappa shape index (κ1) is 13.6. The van der Waals surface area contributed by atoms with Gasteiger partial charge in [-0.05, 0) is 37.1 Å². The SMILES string of the molecule is CCCNC1CCN(c2ccc(CC#N)cc2)C1=O. The lowest BCUT2D eigenvalue weighted by atomic mass is 10.1. The van der Waals surface area contributed by atoms with Crippen molar-refractivity contribution in [2.45, 2.75) is 32.2 Å². The highest BCUT2D eigenvalue weighted by Gasteiger charge is 2.31. The van der Waals surface area contributed by atoms with E-state index in [-0.39, 0.29) is 11.9 Å². The second-order valence-corrected chi connectivity index (χ2v) is 4.79. The van der Waals surface area contributed by atoms with Gasteiger partial charge in [-0.2, -0.15) is 5.26 Å². The number of hydrogen-bond acceptors (Lipinski definition) is 3. The average molecular weight is 257 g/mol. The highest BCUT2D eigenvalue weighted by molar-refractivity contribution is 5.99. The molecule has 1 aliphatic rings. The minimum atomic E-state index is -0.0428. The van der Waals surface area contributed by atoms with Gasteiger partial charge in [-0.25, -0.2) is 0 Å². The maximum Gasteiger partial charge on any atom is 0.244 e.